The monoisotopic (exact) mass is 349 g/mol. The zero-order valence-corrected chi connectivity index (χ0v) is 14.0. The zero-order valence-electron chi connectivity index (χ0n) is 14.0. The molecular formula is C20H16FN3O2. The molecule has 5 nitrogen and oxygen atoms in total. The Kier molecular flexibility index (Phi) is 5.03. The number of benzene rings is 2. The summed E-state index contributed by atoms with van der Waals surface area (Å²) in [6.45, 7) is 1.59. The maximum Gasteiger partial charge on any atom is 0.255 e. The smallest absolute Gasteiger partial charge is 0.255 e. The molecular weight excluding hydrogens is 333 g/mol. The molecule has 0 radical (unpaired) electrons. The number of aryl methyl sites for hydroxylation is 1. The van der Waals surface area contributed by atoms with Crippen molar-refractivity contribution >= 4 is 23.2 Å². The van der Waals surface area contributed by atoms with E-state index in [1.165, 1.54) is 18.2 Å². The summed E-state index contributed by atoms with van der Waals surface area (Å²) in [5.41, 5.74) is 2.23. The minimum absolute atomic E-state index is 0.301. The van der Waals surface area contributed by atoms with Crippen molar-refractivity contribution < 1.29 is 14.0 Å². The number of halogens is 1. The summed E-state index contributed by atoms with van der Waals surface area (Å²) in [4.78, 5) is 28.5. The first kappa shape index (κ1) is 17.3. The fourth-order valence-electron chi connectivity index (χ4n) is 2.37. The van der Waals surface area contributed by atoms with Crippen molar-refractivity contribution in [3.05, 3.63) is 89.5 Å². The van der Waals surface area contributed by atoms with Crippen LogP contribution in [-0.4, -0.2) is 16.8 Å². The molecule has 0 fully saturated rings. The molecule has 26 heavy (non-hydrogen) atoms. The first-order valence-corrected chi connectivity index (χ1v) is 7.92. The fraction of sp³-hybridized carbons (Fsp3) is 0.0500. The standard InChI is InChI=1S/C20H16FN3O2/c1-13-11-15(5-6-18(13)21)20(26)24-17-4-2-3-14(12-17)19(25)23-16-7-9-22-10-8-16/h2-12H,1H3,(H,24,26)(H,22,23,25). The van der Waals surface area contributed by atoms with Crippen molar-refractivity contribution in [1.29, 1.82) is 0 Å². The van der Waals surface area contributed by atoms with E-state index in [1.807, 2.05) is 0 Å². The van der Waals surface area contributed by atoms with Gasteiger partial charge in [0.05, 0.1) is 0 Å². The lowest BCUT2D eigenvalue weighted by Gasteiger charge is -2.09. The number of carbonyl (C=O) groups is 2. The van der Waals surface area contributed by atoms with E-state index in [4.69, 9.17) is 0 Å². The second-order valence-electron chi connectivity index (χ2n) is 5.69. The van der Waals surface area contributed by atoms with Gasteiger partial charge in [0.25, 0.3) is 11.8 Å². The van der Waals surface area contributed by atoms with Gasteiger partial charge in [-0.2, -0.15) is 0 Å². The molecule has 0 bridgehead atoms. The summed E-state index contributed by atoms with van der Waals surface area (Å²) in [6, 6.07) is 14.1. The summed E-state index contributed by atoms with van der Waals surface area (Å²) in [7, 11) is 0. The number of anilines is 2. The quantitative estimate of drug-likeness (QED) is 0.747. The molecule has 0 aliphatic heterocycles. The summed E-state index contributed by atoms with van der Waals surface area (Å²) in [5, 5.41) is 5.46. The van der Waals surface area contributed by atoms with Crippen molar-refractivity contribution in [3.8, 4) is 0 Å². The Labute approximate surface area is 149 Å². The van der Waals surface area contributed by atoms with Gasteiger partial charge in [0, 0.05) is 34.9 Å². The van der Waals surface area contributed by atoms with Crippen LogP contribution in [0.3, 0.4) is 0 Å². The molecule has 130 valence electrons. The molecule has 1 aromatic heterocycles. The van der Waals surface area contributed by atoms with Gasteiger partial charge in [0.15, 0.2) is 0 Å². The van der Waals surface area contributed by atoms with E-state index < -0.39 is 0 Å². The number of amides is 2. The summed E-state index contributed by atoms with van der Waals surface area (Å²) in [6.07, 6.45) is 3.16. The maximum atomic E-state index is 13.3. The molecule has 1 heterocycles. The van der Waals surface area contributed by atoms with E-state index in [9.17, 15) is 14.0 Å². The Morgan fingerprint density at radius 1 is 0.846 bits per heavy atom. The van der Waals surface area contributed by atoms with Gasteiger partial charge >= 0.3 is 0 Å². The zero-order chi connectivity index (χ0) is 18.5. The van der Waals surface area contributed by atoms with E-state index in [-0.39, 0.29) is 17.6 Å². The predicted molar refractivity (Wildman–Crippen MR) is 97.7 cm³/mol. The van der Waals surface area contributed by atoms with Gasteiger partial charge < -0.3 is 10.6 Å². The normalized spacial score (nSPS) is 10.2. The number of nitrogens with one attached hydrogen (secondary N) is 2. The maximum absolute atomic E-state index is 13.3. The number of pyridine rings is 1. The highest BCUT2D eigenvalue weighted by molar-refractivity contribution is 6.07. The van der Waals surface area contributed by atoms with Crippen LogP contribution >= 0.6 is 0 Å². The van der Waals surface area contributed by atoms with Crippen LogP contribution in [-0.2, 0) is 0 Å². The van der Waals surface area contributed by atoms with Gasteiger partial charge in [-0.1, -0.05) is 6.07 Å². The van der Waals surface area contributed by atoms with Gasteiger partial charge in [0.1, 0.15) is 5.82 Å². The minimum atomic E-state index is -0.375. The van der Waals surface area contributed by atoms with Crippen LogP contribution < -0.4 is 10.6 Å². The highest BCUT2D eigenvalue weighted by atomic mass is 19.1. The van der Waals surface area contributed by atoms with Gasteiger partial charge in [-0.05, 0) is 61.0 Å². The molecule has 3 rings (SSSR count). The first-order chi connectivity index (χ1) is 12.5. The molecule has 2 N–H and O–H groups in total. The van der Waals surface area contributed by atoms with E-state index in [2.05, 4.69) is 15.6 Å². The lowest BCUT2D eigenvalue weighted by Crippen LogP contribution is -2.15. The Morgan fingerprint density at radius 2 is 1.50 bits per heavy atom. The van der Waals surface area contributed by atoms with Crippen LogP contribution in [0.25, 0.3) is 0 Å². The molecule has 0 saturated carbocycles. The topological polar surface area (TPSA) is 71.1 Å². The number of aromatic nitrogens is 1. The Bertz CT molecular complexity index is 958. The number of carbonyl (C=O) groups excluding carboxylic acids is 2. The third kappa shape index (κ3) is 4.10. The van der Waals surface area contributed by atoms with Crippen LogP contribution in [0.1, 0.15) is 26.3 Å². The van der Waals surface area contributed by atoms with E-state index in [1.54, 1.807) is 55.7 Å². The van der Waals surface area contributed by atoms with Crippen molar-refractivity contribution in [2.24, 2.45) is 0 Å². The third-order valence-corrected chi connectivity index (χ3v) is 3.74. The summed E-state index contributed by atoms with van der Waals surface area (Å²) >= 11 is 0. The molecule has 2 aromatic carbocycles. The molecule has 3 aromatic rings. The van der Waals surface area contributed by atoms with Crippen LogP contribution in [0.5, 0.6) is 0 Å². The molecule has 0 aliphatic rings. The summed E-state index contributed by atoms with van der Waals surface area (Å²) < 4.78 is 13.3. The summed E-state index contributed by atoms with van der Waals surface area (Å²) in [5.74, 6) is -1.04. The number of hydrogen-bond donors (Lipinski definition) is 2. The fourth-order valence-corrected chi connectivity index (χ4v) is 2.37. The highest BCUT2D eigenvalue weighted by Crippen LogP contribution is 2.16. The average molecular weight is 349 g/mol. The Morgan fingerprint density at radius 3 is 2.19 bits per heavy atom. The molecule has 0 saturated heterocycles. The largest absolute Gasteiger partial charge is 0.322 e. The number of hydrogen-bond acceptors (Lipinski definition) is 3. The molecule has 0 atom stereocenters. The van der Waals surface area contributed by atoms with Crippen LogP contribution in [0.15, 0.2) is 67.0 Å². The second-order valence-corrected chi connectivity index (χ2v) is 5.69. The SMILES string of the molecule is Cc1cc(C(=O)Nc2cccc(C(=O)Nc3ccncc3)c2)ccc1F. The third-order valence-electron chi connectivity index (χ3n) is 3.74. The molecule has 0 spiro atoms. The molecule has 2 amide bonds. The lowest BCUT2D eigenvalue weighted by molar-refractivity contribution is 0.101. The average Bonchev–Trinajstić information content (AvgIpc) is 2.65. The Hall–Kier alpha value is -3.54. The number of nitrogens with zero attached hydrogens (tertiary/aromatic N) is 1. The van der Waals surface area contributed by atoms with Crippen molar-refractivity contribution in [1.82, 2.24) is 4.98 Å². The van der Waals surface area contributed by atoms with Gasteiger partial charge in [-0.25, -0.2) is 4.39 Å². The van der Waals surface area contributed by atoms with E-state index in [0.717, 1.165) is 0 Å². The van der Waals surface area contributed by atoms with Gasteiger partial charge in [-0.3, -0.25) is 14.6 Å². The Balaban J connectivity index is 1.73. The lowest BCUT2D eigenvalue weighted by atomic mass is 10.1. The van der Waals surface area contributed by atoms with Gasteiger partial charge in [0.2, 0.25) is 0 Å². The van der Waals surface area contributed by atoms with Crippen LogP contribution in [0, 0.1) is 12.7 Å². The van der Waals surface area contributed by atoms with Gasteiger partial charge in [-0.15, -0.1) is 0 Å². The molecule has 0 aliphatic carbocycles. The second kappa shape index (κ2) is 7.57. The van der Waals surface area contributed by atoms with E-state index >= 15 is 0 Å². The molecule has 0 unspecified atom stereocenters. The van der Waals surface area contributed by atoms with Crippen molar-refractivity contribution in [2.45, 2.75) is 6.92 Å². The molecule has 6 heteroatoms. The van der Waals surface area contributed by atoms with Crippen LogP contribution in [0.4, 0.5) is 15.8 Å². The minimum Gasteiger partial charge on any atom is -0.322 e. The predicted octanol–water partition coefficient (Wildman–Crippen LogP) is 4.03. The number of rotatable bonds is 4. The van der Waals surface area contributed by atoms with Crippen LogP contribution in [0.2, 0.25) is 0 Å². The van der Waals surface area contributed by atoms with Crippen molar-refractivity contribution in [2.75, 3.05) is 10.6 Å². The van der Waals surface area contributed by atoms with Crippen molar-refractivity contribution in [3.63, 3.8) is 0 Å². The highest BCUT2D eigenvalue weighted by Gasteiger charge is 2.11. The first-order valence-electron chi connectivity index (χ1n) is 7.92. The van der Waals surface area contributed by atoms with E-state index in [0.29, 0.717) is 28.1 Å².